The Labute approximate surface area is 199 Å². The molecule has 6 nitrogen and oxygen atoms in total. The van der Waals surface area contributed by atoms with Crippen LogP contribution in [0.15, 0.2) is 41.9 Å². The zero-order chi connectivity index (χ0) is 24.3. The molecule has 1 unspecified atom stereocenters. The van der Waals surface area contributed by atoms with E-state index in [9.17, 15) is 4.79 Å². The van der Waals surface area contributed by atoms with Crippen LogP contribution >= 0.6 is 0 Å². The van der Waals surface area contributed by atoms with E-state index in [4.69, 9.17) is 18.9 Å². The van der Waals surface area contributed by atoms with E-state index in [1.807, 2.05) is 12.1 Å². The standard InChI is InChI=1S/C27H41NO5/c1-20(2)27(22(10-14-29)17-25(32-5)19-26(27)33-6)11-8-13-28-12-7-9-21-15-23(30-3)18-24(16-21)31-4/h14-20,22,28H,7-13H2,1-6H3/t22-,27?/m0/s1. The van der Waals surface area contributed by atoms with E-state index < -0.39 is 0 Å². The van der Waals surface area contributed by atoms with Crippen LogP contribution in [-0.2, 0) is 20.7 Å². The van der Waals surface area contributed by atoms with Crippen LogP contribution in [0.25, 0.3) is 0 Å². The fraction of sp³-hybridized carbons (Fsp3) is 0.593. The fourth-order valence-corrected chi connectivity index (χ4v) is 4.97. The van der Waals surface area contributed by atoms with Crippen molar-refractivity contribution in [3.8, 4) is 11.5 Å². The minimum Gasteiger partial charge on any atom is -0.500 e. The molecule has 2 rings (SSSR count). The fourth-order valence-electron chi connectivity index (χ4n) is 4.97. The molecule has 0 bridgehead atoms. The van der Waals surface area contributed by atoms with Crippen LogP contribution in [0.3, 0.4) is 0 Å². The molecule has 0 fully saturated rings. The van der Waals surface area contributed by atoms with Gasteiger partial charge in [-0.15, -0.1) is 0 Å². The SMILES string of the molecule is COC1=C[C@H](CC=O)C(CCCNCCCc2cc(OC)cc(OC)c2)(C(C)C)C(OC)=C1. The second-order valence-electron chi connectivity index (χ2n) is 8.87. The van der Waals surface area contributed by atoms with Crippen LogP contribution in [0, 0.1) is 17.3 Å². The van der Waals surface area contributed by atoms with Gasteiger partial charge in [0, 0.05) is 29.9 Å². The van der Waals surface area contributed by atoms with Crippen LogP contribution < -0.4 is 14.8 Å². The molecule has 0 spiro atoms. The van der Waals surface area contributed by atoms with E-state index in [2.05, 4.69) is 37.4 Å². The minimum atomic E-state index is -0.212. The molecule has 1 aromatic carbocycles. The first kappa shape index (κ1) is 26.8. The summed E-state index contributed by atoms with van der Waals surface area (Å²) in [6.07, 6.45) is 9.47. The maximum absolute atomic E-state index is 11.5. The molecule has 1 N–H and O–H groups in total. The van der Waals surface area contributed by atoms with Crippen molar-refractivity contribution in [3.63, 3.8) is 0 Å². The predicted molar refractivity (Wildman–Crippen MR) is 132 cm³/mol. The van der Waals surface area contributed by atoms with Crippen molar-refractivity contribution in [3.05, 3.63) is 47.4 Å². The Bertz CT molecular complexity index is 794. The van der Waals surface area contributed by atoms with Gasteiger partial charge in [-0.05, 0) is 68.5 Å². The molecule has 6 heteroatoms. The van der Waals surface area contributed by atoms with E-state index in [0.717, 1.165) is 68.1 Å². The maximum Gasteiger partial charge on any atom is 0.122 e. The highest BCUT2D eigenvalue weighted by atomic mass is 16.5. The van der Waals surface area contributed by atoms with E-state index in [1.165, 1.54) is 5.56 Å². The van der Waals surface area contributed by atoms with Crippen molar-refractivity contribution in [2.45, 2.75) is 46.0 Å². The summed E-state index contributed by atoms with van der Waals surface area (Å²) in [4.78, 5) is 11.5. The first-order valence-corrected chi connectivity index (χ1v) is 11.8. The zero-order valence-electron chi connectivity index (χ0n) is 21.1. The summed E-state index contributed by atoms with van der Waals surface area (Å²) in [6.45, 7) is 6.28. The Morgan fingerprint density at radius 2 is 1.64 bits per heavy atom. The number of methoxy groups -OCH3 is 4. The second kappa shape index (κ2) is 13.3. The lowest BCUT2D eigenvalue weighted by atomic mass is 9.61. The van der Waals surface area contributed by atoms with Crippen molar-refractivity contribution >= 4 is 6.29 Å². The van der Waals surface area contributed by atoms with Gasteiger partial charge in [-0.2, -0.15) is 0 Å². The Morgan fingerprint density at radius 1 is 0.970 bits per heavy atom. The number of aryl methyl sites for hydroxylation is 1. The van der Waals surface area contributed by atoms with Crippen LogP contribution in [0.4, 0.5) is 0 Å². The Morgan fingerprint density at radius 3 is 2.18 bits per heavy atom. The molecule has 1 aromatic rings. The quantitative estimate of drug-likeness (QED) is 0.296. The summed E-state index contributed by atoms with van der Waals surface area (Å²) >= 11 is 0. The molecule has 33 heavy (non-hydrogen) atoms. The van der Waals surface area contributed by atoms with Gasteiger partial charge in [0.25, 0.3) is 0 Å². The second-order valence-corrected chi connectivity index (χ2v) is 8.87. The van der Waals surface area contributed by atoms with Crippen LogP contribution in [0.1, 0.15) is 45.1 Å². The third-order valence-electron chi connectivity index (χ3n) is 6.77. The largest absolute Gasteiger partial charge is 0.500 e. The molecular weight excluding hydrogens is 418 g/mol. The topological polar surface area (TPSA) is 66.0 Å². The third kappa shape index (κ3) is 6.76. The summed E-state index contributed by atoms with van der Waals surface area (Å²) in [6, 6.07) is 6.01. The van der Waals surface area contributed by atoms with Gasteiger partial charge in [-0.3, -0.25) is 0 Å². The summed E-state index contributed by atoms with van der Waals surface area (Å²) in [5.41, 5.74) is 0.998. The van der Waals surface area contributed by atoms with Crippen LogP contribution in [0.2, 0.25) is 0 Å². The number of nitrogens with one attached hydrogen (secondary N) is 1. The van der Waals surface area contributed by atoms with E-state index >= 15 is 0 Å². The zero-order valence-corrected chi connectivity index (χ0v) is 21.1. The Balaban J connectivity index is 1.91. The molecule has 1 aliphatic carbocycles. The van der Waals surface area contributed by atoms with Crippen molar-refractivity contribution in [1.82, 2.24) is 5.32 Å². The maximum atomic E-state index is 11.5. The number of hydrogen-bond donors (Lipinski definition) is 1. The lowest BCUT2D eigenvalue weighted by Gasteiger charge is -2.45. The number of hydrogen-bond acceptors (Lipinski definition) is 6. The number of ether oxygens (including phenoxy) is 4. The smallest absolute Gasteiger partial charge is 0.122 e. The van der Waals surface area contributed by atoms with Gasteiger partial charge in [0.05, 0.1) is 28.4 Å². The van der Waals surface area contributed by atoms with Gasteiger partial charge in [0.1, 0.15) is 29.3 Å². The summed E-state index contributed by atoms with van der Waals surface area (Å²) in [7, 11) is 6.71. The molecule has 0 saturated heterocycles. The van der Waals surface area contributed by atoms with Crippen LogP contribution in [-0.4, -0.2) is 47.8 Å². The molecule has 2 atom stereocenters. The van der Waals surface area contributed by atoms with Gasteiger partial charge in [-0.1, -0.05) is 13.8 Å². The number of benzene rings is 1. The predicted octanol–water partition coefficient (Wildman–Crippen LogP) is 4.93. The molecule has 0 radical (unpaired) electrons. The molecule has 1 aliphatic rings. The number of aldehydes is 1. The van der Waals surface area contributed by atoms with Crippen molar-refractivity contribution < 1.29 is 23.7 Å². The van der Waals surface area contributed by atoms with E-state index in [-0.39, 0.29) is 11.3 Å². The van der Waals surface area contributed by atoms with Crippen molar-refractivity contribution in [2.75, 3.05) is 41.5 Å². The Hall–Kier alpha value is -2.47. The number of allylic oxidation sites excluding steroid dienone is 3. The summed E-state index contributed by atoms with van der Waals surface area (Å²) in [5, 5.41) is 3.58. The molecule has 0 aliphatic heterocycles. The van der Waals surface area contributed by atoms with Gasteiger partial charge < -0.3 is 29.1 Å². The van der Waals surface area contributed by atoms with Crippen LogP contribution in [0.5, 0.6) is 11.5 Å². The third-order valence-corrected chi connectivity index (χ3v) is 6.77. The number of carbonyl (C=O) groups excluding carboxylic acids is 1. The lowest BCUT2D eigenvalue weighted by molar-refractivity contribution is -0.109. The normalized spacial score (nSPS) is 20.2. The summed E-state index contributed by atoms with van der Waals surface area (Å²) < 4.78 is 22.0. The van der Waals surface area contributed by atoms with Crippen molar-refractivity contribution in [2.24, 2.45) is 17.3 Å². The first-order valence-electron chi connectivity index (χ1n) is 11.8. The number of rotatable bonds is 15. The lowest BCUT2D eigenvalue weighted by Crippen LogP contribution is -2.40. The first-order chi connectivity index (χ1) is 15.9. The molecule has 0 heterocycles. The Kier molecular flexibility index (Phi) is 10.8. The molecule has 0 amide bonds. The van der Waals surface area contributed by atoms with Crippen molar-refractivity contribution in [1.29, 1.82) is 0 Å². The molecule has 0 aromatic heterocycles. The van der Waals surface area contributed by atoms with E-state index in [0.29, 0.717) is 12.3 Å². The van der Waals surface area contributed by atoms with Gasteiger partial charge in [0.15, 0.2) is 0 Å². The minimum absolute atomic E-state index is 0.0629. The number of carbonyl (C=O) groups is 1. The summed E-state index contributed by atoms with van der Waals surface area (Å²) in [5.74, 6) is 3.71. The highest BCUT2D eigenvalue weighted by Gasteiger charge is 2.46. The van der Waals surface area contributed by atoms with E-state index in [1.54, 1.807) is 28.4 Å². The molecule has 184 valence electrons. The molecule has 0 saturated carbocycles. The van der Waals surface area contributed by atoms with Gasteiger partial charge in [0.2, 0.25) is 0 Å². The highest BCUT2D eigenvalue weighted by Crippen LogP contribution is 2.51. The van der Waals surface area contributed by atoms with Gasteiger partial charge >= 0.3 is 0 Å². The van der Waals surface area contributed by atoms with Gasteiger partial charge in [-0.25, -0.2) is 0 Å². The monoisotopic (exact) mass is 459 g/mol. The average molecular weight is 460 g/mol. The average Bonchev–Trinajstić information content (AvgIpc) is 2.83. The highest BCUT2D eigenvalue weighted by molar-refractivity contribution is 5.52. The molecular formula is C27H41NO5.